The van der Waals surface area contributed by atoms with Crippen molar-refractivity contribution in [3.8, 4) is 11.3 Å². The van der Waals surface area contributed by atoms with Gasteiger partial charge in [0.2, 0.25) is 0 Å². The van der Waals surface area contributed by atoms with Gasteiger partial charge in [-0.2, -0.15) is 0 Å². The van der Waals surface area contributed by atoms with Crippen molar-refractivity contribution < 1.29 is 0 Å². The lowest BCUT2D eigenvalue weighted by atomic mass is 9.64. The third-order valence-corrected chi connectivity index (χ3v) is 6.84. The maximum atomic E-state index is 4.63. The van der Waals surface area contributed by atoms with Crippen molar-refractivity contribution in [2.24, 2.45) is 11.3 Å². The Kier molecular flexibility index (Phi) is 4.66. The zero-order chi connectivity index (χ0) is 20.7. The fourth-order valence-electron chi connectivity index (χ4n) is 4.99. The standard InChI is InChI=1S/C28H28N2/c1-19-9-10-21-12-23-14-25(28(2,3)17-24(23)13-22(21)11-19)15-26-16-27(30-18-29-26)20-7-5-4-6-8-20/h4-10,12-13,16,18,25H,1,11,14-15,17H2,2-3H3. The van der Waals surface area contributed by atoms with Gasteiger partial charge in [0.05, 0.1) is 5.69 Å². The van der Waals surface area contributed by atoms with E-state index < -0.39 is 0 Å². The highest BCUT2D eigenvalue weighted by molar-refractivity contribution is 5.64. The molecular formula is C28H28N2. The Morgan fingerprint density at radius 1 is 0.967 bits per heavy atom. The average Bonchev–Trinajstić information content (AvgIpc) is 2.74. The summed E-state index contributed by atoms with van der Waals surface area (Å²) in [6.07, 6.45) is 10.3. The van der Waals surface area contributed by atoms with Gasteiger partial charge in [-0.3, -0.25) is 0 Å². The van der Waals surface area contributed by atoms with Crippen LogP contribution in [0.2, 0.25) is 0 Å². The molecule has 1 atom stereocenters. The number of allylic oxidation sites excluding steroid dienone is 2. The van der Waals surface area contributed by atoms with E-state index in [4.69, 9.17) is 0 Å². The molecule has 150 valence electrons. The number of rotatable bonds is 3. The molecule has 0 N–H and O–H groups in total. The SMILES string of the molecule is C=C1C=Cc2cc3c(cc2C1)CC(C)(C)C(Cc1cc(-c2ccccc2)ncn1)C3. The first-order chi connectivity index (χ1) is 14.5. The van der Waals surface area contributed by atoms with Gasteiger partial charge >= 0.3 is 0 Å². The van der Waals surface area contributed by atoms with Crippen LogP contribution in [0.25, 0.3) is 17.3 Å². The van der Waals surface area contributed by atoms with Crippen LogP contribution in [0.5, 0.6) is 0 Å². The Morgan fingerprint density at radius 3 is 2.63 bits per heavy atom. The molecule has 30 heavy (non-hydrogen) atoms. The summed E-state index contributed by atoms with van der Waals surface area (Å²) in [7, 11) is 0. The van der Waals surface area contributed by atoms with Gasteiger partial charge in [-0.15, -0.1) is 0 Å². The minimum atomic E-state index is 0.237. The summed E-state index contributed by atoms with van der Waals surface area (Å²) in [5.41, 5.74) is 10.6. The molecule has 0 radical (unpaired) electrons. The van der Waals surface area contributed by atoms with E-state index in [1.165, 1.54) is 27.8 Å². The molecule has 1 heterocycles. The fraction of sp³-hybridized carbons (Fsp3) is 0.286. The molecule has 2 aliphatic rings. The molecule has 1 aromatic heterocycles. The molecule has 0 amide bonds. The maximum absolute atomic E-state index is 4.63. The lowest BCUT2D eigenvalue weighted by Gasteiger charge is -2.40. The van der Waals surface area contributed by atoms with E-state index in [1.54, 1.807) is 6.33 Å². The monoisotopic (exact) mass is 392 g/mol. The Hall–Kier alpha value is -3.00. The fourth-order valence-corrected chi connectivity index (χ4v) is 4.99. The van der Waals surface area contributed by atoms with Gasteiger partial charge in [-0.1, -0.05) is 80.6 Å². The summed E-state index contributed by atoms with van der Waals surface area (Å²) in [6.45, 7) is 8.97. The minimum absolute atomic E-state index is 0.237. The van der Waals surface area contributed by atoms with Crippen LogP contribution in [0.4, 0.5) is 0 Å². The van der Waals surface area contributed by atoms with Gasteiger partial charge in [0.25, 0.3) is 0 Å². The second kappa shape index (κ2) is 7.36. The summed E-state index contributed by atoms with van der Waals surface area (Å²) in [5.74, 6) is 0.559. The summed E-state index contributed by atoms with van der Waals surface area (Å²) >= 11 is 0. The van der Waals surface area contributed by atoms with Crippen LogP contribution in [-0.2, 0) is 25.7 Å². The number of nitrogens with zero attached hydrogens (tertiary/aromatic N) is 2. The van der Waals surface area contributed by atoms with E-state index in [0.29, 0.717) is 5.92 Å². The van der Waals surface area contributed by atoms with Gasteiger partial charge in [-0.25, -0.2) is 9.97 Å². The molecule has 0 bridgehead atoms. The maximum Gasteiger partial charge on any atom is 0.116 e. The van der Waals surface area contributed by atoms with Crippen molar-refractivity contribution >= 4 is 6.08 Å². The van der Waals surface area contributed by atoms with Crippen molar-refractivity contribution in [3.05, 3.63) is 101 Å². The molecule has 2 aromatic carbocycles. The third-order valence-electron chi connectivity index (χ3n) is 6.84. The highest BCUT2D eigenvalue weighted by Crippen LogP contribution is 2.42. The summed E-state index contributed by atoms with van der Waals surface area (Å²) in [4.78, 5) is 9.13. The zero-order valence-corrected chi connectivity index (χ0v) is 17.9. The number of aromatic nitrogens is 2. The van der Waals surface area contributed by atoms with Crippen LogP contribution in [0.1, 0.15) is 41.8 Å². The normalized spacial score (nSPS) is 19.3. The largest absolute Gasteiger partial charge is 0.241 e. The van der Waals surface area contributed by atoms with Gasteiger partial charge in [0.1, 0.15) is 6.33 Å². The van der Waals surface area contributed by atoms with Crippen molar-refractivity contribution in [1.29, 1.82) is 0 Å². The van der Waals surface area contributed by atoms with Crippen LogP contribution in [0.15, 0.2) is 73.1 Å². The molecule has 1 unspecified atom stereocenters. The number of hydrogen-bond acceptors (Lipinski definition) is 2. The molecule has 2 aliphatic carbocycles. The predicted molar refractivity (Wildman–Crippen MR) is 124 cm³/mol. The van der Waals surface area contributed by atoms with Crippen molar-refractivity contribution in [3.63, 3.8) is 0 Å². The van der Waals surface area contributed by atoms with Crippen molar-refractivity contribution in [2.45, 2.75) is 39.5 Å². The van der Waals surface area contributed by atoms with Gasteiger partial charge in [-0.05, 0) is 65.3 Å². The second-order valence-electron chi connectivity index (χ2n) is 9.52. The number of fused-ring (bicyclic) bond motifs is 2. The molecule has 5 rings (SSSR count). The smallest absolute Gasteiger partial charge is 0.116 e. The van der Waals surface area contributed by atoms with E-state index in [1.807, 2.05) is 6.07 Å². The summed E-state index contributed by atoms with van der Waals surface area (Å²) in [5, 5.41) is 0. The summed E-state index contributed by atoms with van der Waals surface area (Å²) in [6, 6.07) is 17.4. The Balaban J connectivity index is 1.43. The van der Waals surface area contributed by atoms with Crippen LogP contribution in [0, 0.1) is 11.3 Å². The molecule has 2 heteroatoms. The highest BCUT2D eigenvalue weighted by Gasteiger charge is 2.35. The first kappa shape index (κ1) is 19.0. The topological polar surface area (TPSA) is 25.8 Å². The van der Waals surface area contributed by atoms with Crippen molar-refractivity contribution in [1.82, 2.24) is 9.97 Å². The molecule has 3 aromatic rings. The van der Waals surface area contributed by atoms with Crippen LogP contribution >= 0.6 is 0 Å². The van der Waals surface area contributed by atoms with Crippen LogP contribution < -0.4 is 0 Å². The van der Waals surface area contributed by atoms with Crippen LogP contribution in [0.3, 0.4) is 0 Å². The molecule has 0 saturated carbocycles. The molecular weight excluding hydrogens is 364 g/mol. The Morgan fingerprint density at radius 2 is 1.80 bits per heavy atom. The van der Waals surface area contributed by atoms with Gasteiger partial charge in [0, 0.05) is 11.3 Å². The van der Waals surface area contributed by atoms with Gasteiger partial charge < -0.3 is 0 Å². The molecule has 0 aliphatic heterocycles. The van der Waals surface area contributed by atoms with Gasteiger partial charge in [0.15, 0.2) is 0 Å². The van der Waals surface area contributed by atoms with E-state index in [9.17, 15) is 0 Å². The Labute approximate surface area is 179 Å². The summed E-state index contributed by atoms with van der Waals surface area (Å²) < 4.78 is 0. The number of benzene rings is 2. The number of hydrogen-bond donors (Lipinski definition) is 0. The van der Waals surface area contributed by atoms with E-state index in [0.717, 1.165) is 42.6 Å². The third kappa shape index (κ3) is 3.63. The molecule has 0 fully saturated rings. The molecule has 0 saturated heterocycles. The second-order valence-corrected chi connectivity index (χ2v) is 9.52. The quantitative estimate of drug-likeness (QED) is 0.526. The first-order valence-electron chi connectivity index (χ1n) is 10.8. The van der Waals surface area contributed by atoms with Crippen molar-refractivity contribution in [2.75, 3.05) is 0 Å². The Bertz CT molecular complexity index is 1140. The van der Waals surface area contributed by atoms with Crippen LogP contribution in [-0.4, -0.2) is 9.97 Å². The first-order valence-corrected chi connectivity index (χ1v) is 10.8. The van der Waals surface area contributed by atoms with E-state index in [-0.39, 0.29) is 5.41 Å². The lowest BCUT2D eigenvalue weighted by molar-refractivity contribution is 0.190. The zero-order valence-electron chi connectivity index (χ0n) is 17.9. The minimum Gasteiger partial charge on any atom is -0.241 e. The lowest BCUT2D eigenvalue weighted by Crippen LogP contribution is -2.35. The van der Waals surface area contributed by atoms with E-state index in [2.05, 4.69) is 85.0 Å². The van der Waals surface area contributed by atoms with E-state index >= 15 is 0 Å². The average molecular weight is 393 g/mol. The molecule has 0 spiro atoms. The molecule has 2 nitrogen and oxygen atoms in total. The highest BCUT2D eigenvalue weighted by atomic mass is 14.8. The predicted octanol–water partition coefficient (Wildman–Crippen LogP) is 6.25.